The fourth-order valence-electron chi connectivity index (χ4n) is 2.96. The van der Waals surface area contributed by atoms with Crippen molar-refractivity contribution in [2.75, 3.05) is 6.54 Å². The number of pyridine rings is 1. The minimum atomic E-state index is -0.997. The Bertz CT molecular complexity index is 850. The molecule has 1 aromatic heterocycles. The van der Waals surface area contributed by atoms with Gasteiger partial charge in [-0.1, -0.05) is 6.07 Å². The number of β-amino-alcohol motifs (C(OH)–C–C–N with tert-alkyl or cyclic N) is 1. The van der Waals surface area contributed by atoms with Gasteiger partial charge in [0.05, 0.1) is 17.7 Å². The molecule has 0 unspecified atom stereocenters. The maximum atomic E-state index is 13.5. The van der Waals surface area contributed by atoms with Gasteiger partial charge in [0.15, 0.2) is 11.6 Å². The van der Waals surface area contributed by atoms with Crippen LogP contribution in [0.25, 0.3) is 0 Å². The molecule has 1 N–H and O–H groups in total. The number of halogens is 2. The second kappa shape index (κ2) is 6.16. The van der Waals surface area contributed by atoms with Gasteiger partial charge in [-0.05, 0) is 30.2 Å². The van der Waals surface area contributed by atoms with Gasteiger partial charge in [0, 0.05) is 25.9 Å². The Morgan fingerprint density at radius 3 is 2.62 bits per heavy atom. The van der Waals surface area contributed by atoms with Crippen molar-refractivity contribution >= 4 is 5.91 Å². The van der Waals surface area contributed by atoms with Crippen molar-refractivity contribution in [3.8, 4) is 0 Å². The zero-order chi connectivity index (χ0) is 17.4. The van der Waals surface area contributed by atoms with Crippen LogP contribution in [0.15, 0.2) is 41.3 Å². The molecule has 1 amide bonds. The topological polar surface area (TPSA) is 62.5 Å². The van der Waals surface area contributed by atoms with Crippen molar-refractivity contribution in [2.24, 2.45) is 7.05 Å². The largest absolute Gasteiger partial charge is 0.391 e. The van der Waals surface area contributed by atoms with Crippen LogP contribution >= 0.6 is 0 Å². The van der Waals surface area contributed by atoms with E-state index in [2.05, 4.69) is 0 Å². The molecule has 2 atom stereocenters. The highest BCUT2D eigenvalue weighted by Gasteiger charge is 2.36. The van der Waals surface area contributed by atoms with Gasteiger partial charge in [-0.2, -0.15) is 0 Å². The van der Waals surface area contributed by atoms with Crippen molar-refractivity contribution in [3.05, 3.63) is 69.6 Å². The average Bonchev–Trinajstić information content (AvgIpc) is 2.94. The van der Waals surface area contributed by atoms with Gasteiger partial charge >= 0.3 is 0 Å². The predicted octanol–water partition coefficient (Wildman–Crippen LogP) is 1.61. The number of aliphatic hydroxyl groups excluding tert-OH is 1. The number of likely N-dealkylation sites (tertiary alicyclic amines) is 1. The highest BCUT2D eigenvalue weighted by molar-refractivity contribution is 5.94. The van der Waals surface area contributed by atoms with E-state index in [0.29, 0.717) is 11.1 Å². The van der Waals surface area contributed by atoms with E-state index in [9.17, 15) is 23.5 Å². The Labute approximate surface area is 136 Å². The van der Waals surface area contributed by atoms with E-state index < -0.39 is 23.8 Å². The molecule has 7 heteroatoms. The number of carbonyl (C=O) groups excluding carboxylic acids is 1. The molecular formula is C17H16F2N2O3. The van der Waals surface area contributed by atoms with Crippen molar-refractivity contribution in [2.45, 2.75) is 18.6 Å². The molecule has 5 nitrogen and oxygen atoms in total. The predicted molar refractivity (Wildman–Crippen MR) is 82.4 cm³/mol. The van der Waals surface area contributed by atoms with Crippen LogP contribution in [0, 0.1) is 11.6 Å². The lowest BCUT2D eigenvalue weighted by Crippen LogP contribution is -2.32. The van der Waals surface area contributed by atoms with E-state index in [0.717, 1.165) is 12.1 Å². The zero-order valence-corrected chi connectivity index (χ0v) is 12.9. The van der Waals surface area contributed by atoms with Crippen LogP contribution in [-0.4, -0.2) is 33.1 Å². The van der Waals surface area contributed by atoms with Gasteiger partial charge in [0.1, 0.15) is 0 Å². The number of hydrogen-bond acceptors (Lipinski definition) is 3. The summed E-state index contributed by atoms with van der Waals surface area (Å²) in [6, 6.07) is 5.59. The summed E-state index contributed by atoms with van der Waals surface area (Å²) in [7, 11) is 1.53. The van der Waals surface area contributed by atoms with Crippen molar-refractivity contribution in [1.29, 1.82) is 0 Å². The normalized spacial score (nSPS) is 20.4. The van der Waals surface area contributed by atoms with Crippen LogP contribution in [-0.2, 0) is 7.05 Å². The van der Waals surface area contributed by atoms with E-state index in [1.807, 2.05) is 0 Å². The van der Waals surface area contributed by atoms with Crippen LogP contribution < -0.4 is 5.56 Å². The highest BCUT2D eigenvalue weighted by atomic mass is 19.2. The molecule has 0 radical (unpaired) electrons. The minimum absolute atomic E-state index is 0.0886. The first kappa shape index (κ1) is 16.3. The summed E-state index contributed by atoms with van der Waals surface area (Å²) in [5, 5.41) is 9.93. The standard InChI is InChI=1S/C17H16F2N2O3/c1-20-8-11(3-5-16(20)23)17(24)21-9-12(22)7-15(21)10-2-4-13(18)14(19)6-10/h2-6,8,12,15,22H,7,9H2,1H3/t12-,15+/m1/s1. The number of aliphatic hydroxyl groups is 1. The molecule has 1 saturated heterocycles. The minimum Gasteiger partial charge on any atom is -0.391 e. The van der Waals surface area contributed by atoms with Gasteiger partial charge in [0.25, 0.3) is 5.91 Å². The van der Waals surface area contributed by atoms with Gasteiger partial charge in [-0.3, -0.25) is 9.59 Å². The molecule has 2 aromatic rings. The summed E-state index contributed by atoms with van der Waals surface area (Å²) < 4.78 is 27.9. The van der Waals surface area contributed by atoms with Crippen LogP contribution in [0.3, 0.4) is 0 Å². The number of hydrogen-bond donors (Lipinski definition) is 1. The third kappa shape index (κ3) is 2.94. The summed E-state index contributed by atoms with van der Waals surface area (Å²) in [6.07, 6.45) is 0.903. The first-order chi connectivity index (χ1) is 11.4. The molecule has 0 saturated carbocycles. The Hall–Kier alpha value is -2.54. The van der Waals surface area contributed by atoms with Gasteiger partial charge in [0.2, 0.25) is 5.56 Å². The molecule has 0 aliphatic carbocycles. The number of amides is 1. The van der Waals surface area contributed by atoms with Crippen molar-refractivity contribution in [1.82, 2.24) is 9.47 Å². The summed E-state index contributed by atoms with van der Waals surface area (Å²) in [6.45, 7) is 0.0886. The van der Waals surface area contributed by atoms with Gasteiger partial charge in [-0.25, -0.2) is 8.78 Å². The molecule has 126 valence electrons. The Balaban J connectivity index is 1.94. The molecule has 3 rings (SSSR count). The number of carbonyl (C=O) groups is 1. The lowest BCUT2D eigenvalue weighted by molar-refractivity contribution is 0.0714. The lowest BCUT2D eigenvalue weighted by atomic mass is 10.0. The van der Waals surface area contributed by atoms with E-state index in [1.54, 1.807) is 0 Å². The Morgan fingerprint density at radius 2 is 1.96 bits per heavy atom. The lowest BCUT2D eigenvalue weighted by Gasteiger charge is -2.25. The molecular weight excluding hydrogens is 318 g/mol. The second-order valence-corrected chi connectivity index (χ2v) is 5.90. The van der Waals surface area contributed by atoms with Crippen LogP contribution in [0.4, 0.5) is 8.78 Å². The van der Waals surface area contributed by atoms with Crippen molar-refractivity contribution in [3.63, 3.8) is 0 Å². The monoisotopic (exact) mass is 334 g/mol. The summed E-state index contributed by atoms with van der Waals surface area (Å²) in [5.41, 5.74) is 0.465. The Kier molecular flexibility index (Phi) is 4.19. The molecule has 1 fully saturated rings. The molecule has 1 aromatic carbocycles. The quantitative estimate of drug-likeness (QED) is 0.908. The first-order valence-electron chi connectivity index (χ1n) is 7.47. The van der Waals surface area contributed by atoms with E-state index >= 15 is 0 Å². The smallest absolute Gasteiger partial charge is 0.255 e. The Morgan fingerprint density at radius 1 is 1.21 bits per heavy atom. The SMILES string of the molecule is Cn1cc(C(=O)N2C[C@H](O)C[C@H]2c2ccc(F)c(F)c2)ccc1=O. The number of aromatic nitrogens is 1. The molecule has 1 aliphatic heterocycles. The average molecular weight is 334 g/mol. The number of nitrogens with zero attached hydrogens (tertiary/aromatic N) is 2. The van der Waals surface area contributed by atoms with Crippen molar-refractivity contribution < 1.29 is 18.7 Å². The zero-order valence-electron chi connectivity index (χ0n) is 12.9. The third-order valence-electron chi connectivity index (χ3n) is 4.20. The number of benzene rings is 1. The number of rotatable bonds is 2. The van der Waals surface area contributed by atoms with Crippen LogP contribution in [0.5, 0.6) is 0 Å². The van der Waals surface area contributed by atoms with Gasteiger partial charge in [-0.15, -0.1) is 0 Å². The van der Waals surface area contributed by atoms with E-state index in [-0.39, 0.29) is 24.4 Å². The second-order valence-electron chi connectivity index (χ2n) is 5.90. The maximum Gasteiger partial charge on any atom is 0.255 e. The molecule has 0 bridgehead atoms. The fourth-order valence-corrected chi connectivity index (χ4v) is 2.96. The van der Waals surface area contributed by atoms with Crippen LogP contribution in [0.2, 0.25) is 0 Å². The fraction of sp³-hybridized carbons (Fsp3) is 0.294. The number of aryl methyl sites for hydroxylation is 1. The van der Waals surface area contributed by atoms with E-state index in [1.165, 1.54) is 40.9 Å². The molecule has 0 spiro atoms. The molecule has 24 heavy (non-hydrogen) atoms. The van der Waals surface area contributed by atoms with Crippen LogP contribution in [0.1, 0.15) is 28.4 Å². The third-order valence-corrected chi connectivity index (χ3v) is 4.20. The summed E-state index contributed by atoms with van der Waals surface area (Å²) >= 11 is 0. The summed E-state index contributed by atoms with van der Waals surface area (Å²) in [5.74, 6) is -2.34. The van der Waals surface area contributed by atoms with E-state index in [4.69, 9.17) is 0 Å². The summed E-state index contributed by atoms with van der Waals surface area (Å²) in [4.78, 5) is 25.6. The van der Waals surface area contributed by atoms with Gasteiger partial charge < -0.3 is 14.6 Å². The molecule has 2 heterocycles. The highest BCUT2D eigenvalue weighted by Crippen LogP contribution is 2.33. The first-order valence-corrected chi connectivity index (χ1v) is 7.47. The maximum absolute atomic E-state index is 13.5. The molecule has 1 aliphatic rings.